The van der Waals surface area contributed by atoms with E-state index in [1.54, 1.807) is 0 Å². The summed E-state index contributed by atoms with van der Waals surface area (Å²) in [6.45, 7) is 4.51. The van der Waals surface area contributed by atoms with Gasteiger partial charge in [0, 0.05) is 0 Å². The van der Waals surface area contributed by atoms with Crippen molar-refractivity contribution in [3.63, 3.8) is 0 Å². The number of unbranched alkanes of at least 4 members (excludes halogenated alkanes) is 6. The molecule has 0 rings (SSSR count). The normalized spacial score (nSPS) is 12.1. The van der Waals surface area contributed by atoms with Gasteiger partial charge in [0.2, 0.25) is 0 Å². The Hall–Kier alpha value is 0.170. The Labute approximate surface area is 92.3 Å². The van der Waals surface area contributed by atoms with Crippen LogP contribution in [0, 0.1) is 0 Å². The molecule has 0 aliphatic carbocycles. The fraction of sp³-hybridized carbons (Fsp3) is 0.846. The van der Waals surface area contributed by atoms with Gasteiger partial charge in [-0.2, -0.15) is 0 Å². The number of hydrogen-bond acceptors (Lipinski definition) is 0. The summed E-state index contributed by atoms with van der Waals surface area (Å²) in [5, 5.41) is 0. The maximum absolute atomic E-state index is 2.38. The molecule has 1 heteroatoms. The first-order chi connectivity index (χ1) is 6.91. The van der Waals surface area contributed by atoms with Crippen LogP contribution in [0.1, 0.15) is 65.2 Å². The van der Waals surface area contributed by atoms with E-state index in [-0.39, 0.29) is 0 Å². The standard InChI is InChI=1S/C13H27P/c1-3-5-7-8-9-11-13-14-12-10-6-4-2/h10,12,14H,3-9,11,13H2,1-2H3. The van der Waals surface area contributed by atoms with Gasteiger partial charge in [-0.25, -0.2) is 0 Å². The Morgan fingerprint density at radius 1 is 0.857 bits per heavy atom. The number of rotatable bonds is 10. The van der Waals surface area contributed by atoms with Crippen LogP contribution in [-0.4, -0.2) is 6.16 Å². The van der Waals surface area contributed by atoms with E-state index in [1.165, 1.54) is 57.5 Å². The first-order valence-electron chi connectivity index (χ1n) is 6.30. The van der Waals surface area contributed by atoms with Gasteiger partial charge in [0.1, 0.15) is 0 Å². The molecule has 0 aliphatic heterocycles. The molecule has 0 nitrogen and oxygen atoms in total. The van der Waals surface area contributed by atoms with Gasteiger partial charge in [-0.05, 0) is 19.0 Å². The molecule has 0 aromatic rings. The molecule has 0 aliphatic rings. The third-order valence-corrected chi connectivity index (χ3v) is 3.48. The summed E-state index contributed by atoms with van der Waals surface area (Å²) in [7, 11) is 1.07. The van der Waals surface area contributed by atoms with Crippen LogP contribution >= 0.6 is 8.58 Å². The van der Waals surface area contributed by atoms with Crippen molar-refractivity contribution in [2.45, 2.75) is 65.2 Å². The molecular weight excluding hydrogens is 187 g/mol. The van der Waals surface area contributed by atoms with E-state index in [2.05, 4.69) is 25.7 Å². The van der Waals surface area contributed by atoms with Gasteiger partial charge in [-0.1, -0.05) is 72.8 Å². The van der Waals surface area contributed by atoms with Crippen molar-refractivity contribution in [1.82, 2.24) is 0 Å². The second-order valence-corrected chi connectivity index (χ2v) is 5.15. The van der Waals surface area contributed by atoms with E-state index in [4.69, 9.17) is 0 Å². The van der Waals surface area contributed by atoms with Crippen LogP contribution in [0.2, 0.25) is 0 Å². The topological polar surface area (TPSA) is 0 Å². The lowest BCUT2D eigenvalue weighted by Gasteiger charge is -1.98. The molecule has 0 aromatic heterocycles. The van der Waals surface area contributed by atoms with E-state index in [0.29, 0.717) is 0 Å². The molecule has 0 saturated heterocycles. The summed E-state index contributed by atoms with van der Waals surface area (Å²) < 4.78 is 0. The Bertz CT molecular complexity index is 118. The van der Waals surface area contributed by atoms with Gasteiger partial charge in [0.05, 0.1) is 0 Å². The van der Waals surface area contributed by atoms with Crippen molar-refractivity contribution in [2.24, 2.45) is 0 Å². The molecule has 0 N–H and O–H groups in total. The summed E-state index contributed by atoms with van der Waals surface area (Å²) in [6, 6.07) is 0. The minimum absolute atomic E-state index is 1.07. The van der Waals surface area contributed by atoms with Crippen molar-refractivity contribution in [3.8, 4) is 0 Å². The van der Waals surface area contributed by atoms with Crippen LogP contribution in [-0.2, 0) is 0 Å². The highest BCUT2D eigenvalue weighted by molar-refractivity contribution is 7.41. The van der Waals surface area contributed by atoms with Crippen molar-refractivity contribution < 1.29 is 0 Å². The summed E-state index contributed by atoms with van der Waals surface area (Å²) in [4.78, 5) is 0. The smallest absolute Gasteiger partial charge is 0.0319 e. The minimum Gasteiger partial charge on any atom is -0.0987 e. The van der Waals surface area contributed by atoms with Gasteiger partial charge >= 0.3 is 0 Å². The molecular formula is C13H27P. The lowest BCUT2D eigenvalue weighted by Crippen LogP contribution is -1.79. The molecule has 0 spiro atoms. The highest BCUT2D eigenvalue weighted by Gasteiger charge is 1.88. The highest BCUT2D eigenvalue weighted by atomic mass is 31.1. The lowest BCUT2D eigenvalue weighted by molar-refractivity contribution is 0.626. The quantitative estimate of drug-likeness (QED) is 0.340. The largest absolute Gasteiger partial charge is 0.0987 e. The molecule has 1 unspecified atom stereocenters. The second kappa shape index (κ2) is 13.2. The van der Waals surface area contributed by atoms with Gasteiger partial charge in [-0.3, -0.25) is 0 Å². The Kier molecular flexibility index (Phi) is 13.3. The van der Waals surface area contributed by atoms with Gasteiger partial charge in [0.15, 0.2) is 0 Å². The van der Waals surface area contributed by atoms with E-state index >= 15 is 0 Å². The van der Waals surface area contributed by atoms with Crippen LogP contribution < -0.4 is 0 Å². The minimum atomic E-state index is 1.07. The molecule has 0 bridgehead atoms. The van der Waals surface area contributed by atoms with E-state index in [0.717, 1.165) is 8.58 Å². The van der Waals surface area contributed by atoms with E-state index < -0.39 is 0 Å². The molecule has 0 amide bonds. The predicted octanol–water partition coefficient (Wildman–Crippen LogP) is 5.34. The predicted molar refractivity (Wildman–Crippen MR) is 70.6 cm³/mol. The van der Waals surface area contributed by atoms with Crippen molar-refractivity contribution >= 4 is 8.58 Å². The molecule has 0 saturated carbocycles. The van der Waals surface area contributed by atoms with Crippen molar-refractivity contribution in [2.75, 3.05) is 6.16 Å². The van der Waals surface area contributed by atoms with E-state index in [9.17, 15) is 0 Å². The Morgan fingerprint density at radius 3 is 2.29 bits per heavy atom. The van der Waals surface area contributed by atoms with Crippen LogP contribution in [0.3, 0.4) is 0 Å². The summed E-state index contributed by atoms with van der Waals surface area (Å²) in [5.41, 5.74) is 0. The molecule has 1 atom stereocenters. The average Bonchev–Trinajstić information content (AvgIpc) is 2.21. The fourth-order valence-corrected chi connectivity index (χ4v) is 2.38. The molecule has 0 radical (unpaired) electrons. The zero-order valence-corrected chi connectivity index (χ0v) is 11.0. The summed E-state index contributed by atoms with van der Waals surface area (Å²) in [6.07, 6.45) is 14.9. The number of allylic oxidation sites excluding steroid dienone is 1. The van der Waals surface area contributed by atoms with E-state index in [1.807, 2.05) is 0 Å². The van der Waals surface area contributed by atoms with Crippen molar-refractivity contribution in [3.05, 3.63) is 11.9 Å². The zero-order valence-electron chi connectivity index (χ0n) is 10.0. The average molecular weight is 214 g/mol. The molecule has 0 aromatic carbocycles. The van der Waals surface area contributed by atoms with Gasteiger partial charge in [-0.15, -0.1) is 0 Å². The third kappa shape index (κ3) is 12.2. The lowest BCUT2D eigenvalue weighted by atomic mass is 10.1. The molecule has 0 fully saturated rings. The fourth-order valence-electron chi connectivity index (χ4n) is 1.42. The van der Waals surface area contributed by atoms with Crippen LogP contribution in [0.4, 0.5) is 0 Å². The van der Waals surface area contributed by atoms with Crippen LogP contribution in [0.5, 0.6) is 0 Å². The highest BCUT2D eigenvalue weighted by Crippen LogP contribution is 2.16. The summed E-state index contributed by atoms with van der Waals surface area (Å²) >= 11 is 0. The zero-order chi connectivity index (χ0) is 10.5. The monoisotopic (exact) mass is 214 g/mol. The van der Waals surface area contributed by atoms with Gasteiger partial charge < -0.3 is 0 Å². The first kappa shape index (κ1) is 14.2. The SMILES string of the molecule is CCCC=CPCCCCCCCC. The molecule has 84 valence electrons. The molecule has 0 heterocycles. The first-order valence-corrected chi connectivity index (χ1v) is 7.58. The second-order valence-electron chi connectivity index (χ2n) is 3.91. The Balaban J connectivity index is 2.91. The van der Waals surface area contributed by atoms with Crippen molar-refractivity contribution in [1.29, 1.82) is 0 Å². The summed E-state index contributed by atoms with van der Waals surface area (Å²) in [5.74, 6) is 2.38. The van der Waals surface area contributed by atoms with Crippen LogP contribution in [0.15, 0.2) is 11.9 Å². The molecule has 14 heavy (non-hydrogen) atoms. The number of hydrogen-bond donors (Lipinski definition) is 0. The third-order valence-electron chi connectivity index (χ3n) is 2.37. The van der Waals surface area contributed by atoms with Crippen LogP contribution in [0.25, 0.3) is 0 Å². The Morgan fingerprint density at radius 2 is 1.57 bits per heavy atom. The maximum atomic E-state index is 2.38. The maximum Gasteiger partial charge on any atom is -0.0319 e. The van der Waals surface area contributed by atoms with Gasteiger partial charge in [0.25, 0.3) is 0 Å².